The number of carbonyl (C=O) groups is 1. The Morgan fingerprint density at radius 2 is 2.50 bits per heavy atom. The molecule has 2 saturated heterocycles. The van der Waals surface area contributed by atoms with E-state index in [0.717, 1.165) is 0 Å². The number of piperidine rings is 1. The van der Waals surface area contributed by atoms with Crippen LogP contribution in [-0.2, 0) is 4.74 Å². The molecule has 0 aliphatic carbocycles. The van der Waals surface area contributed by atoms with Crippen LogP contribution in [0.25, 0.3) is 0 Å². The summed E-state index contributed by atoms with van der Waals surface area (Å²) in [6.07, 6.45) is 0.611. The smallest absolute Gasteiger partial charge is 0.414 e. The Hall–Kier alpha value is -0.770. The van der Waals surface area contributed by atoms with Crippen molar-refractivity contribution >= 4 is 6.09 Å². The van der Waals surface area contributed by atoms with Crippen LogP contribution < -0.4 is 0 Å². The van der Waals surface area contributed by atoms with Crippen LogP contribution in [0, 0.1) is 0 Å². The minimum atomic E-state index is -0.283. The highest BCUT2D eigenvalue weighted by atomic mass is 16.6. The number of aliphatic hydroxyl groups excluding tert-OH is 1. The van der Waals surface area contributed by atoms with Crippen LogP contribution in [-0.4, -0.2) is 35.0 Å². The van der Waals surface area contributed by atoms with Crippen LogP contribution in [0.2, 0.25) is 0 Å². The van der Waals surface area contributed by atoms with Crippen LogP contribution in [0.5, 0.6) is 0 Å². The van der Waals surface area contributed by atoms with Crippen molar-refractivity contribution < 1.29 is 14.6 Å². The number of aliphatic hydroxyl groups is 1. The van der Waals surface area contributed by atoms with Crippen LogP contribution in [0.15, 0.2) is 0 Å². The maximum Gasteiger partial charge on any atom is 0.414 e. The van der Waals surface area contributed by atoms with Gasteiger partial charge in [-0.25, -0.2) is 4.79 Å². The zero-order valence-corrected chi connectivity index (χ0v) is 5.49. The largest absolute Gasteiger partial charge is 0.425 e. The van der Waals surface area contributed by atoms with E-state index in [0.29, 0.717) is 19.4 Å². The summed E-state index contributed by atoms with van der Waals surface area (Å²) in [5, 5.41) is 9.10. The van der Waals surface area contributed by atoms with E-state index in [2.05, 4.69) is 0 Å². The van der Waals surface area contributed by atoms with Crippen molar-refractivity contribution in [2.24, 2.45) is 0 Å². The average molecular weight is 143 g/mol. The van der Waals surface area contributed by atoms with E-state index in [1.165, 1.54) is 0 Å². The molecule has 2 fully saturated rings. The number of rotatable bonds is 0. The number of hydrogen-bond donors (Lipinski definition) is 1. The predicted molar refractivity (Wildman–Crippen MR) is 32.2 cm³/mol. The van der Waals surface area contributed by atoms with E-state index < -0.39 is 0 Å². The molecule has 2 atom stereocenters. The van der Waals surface area contributed by atoms with Gasteiger partial charge in [-0.05, 0) is 6.42 Å². The quantitative estimate of drug-likeness (QED) is 0.516. The van der Waals surface area contributed by atoms with Crippen molar-refractivity contribution in [3.8, 4) is 0 Å². The van der Waals surface area contributed by atoms with E-state index in [9.17, 15) is 4.79 Å². The number of amides is 1. The third-order valence-electron chi connectivity index (χ3n) is 2.00. The third-order valence-corrected chi connectivity index (χ3v) is 2.00. The van der Waals surface area contributed by atoms with Gasteiger partial charge in [0.1, 0.15) is 0 Å². The highest BCUT2D eigenvalue weighted by Gasteiger charge is 2.42. The second-order valence-electron chi connectivity index (χ2n) is 2.71. The molecule has 2 rings (SSSR count). The summed E-state index contributed by atoms with van der Waals surface area (Å²) in [5.41, 5.74) is 0. The Morgan fingerprint density at radius 3 is 3.10 bits per heavy atom. The van der Waals surface area contributed by atoms with Gasteiger partial charge in [0.15, 0.2) is 6.23 Å². The van der Waals surface area contributed by atoms with Gasteiger partial charge in [0.2, 0.25) is 0 Å². The van der Waals surface area contributed by atoms with Gasteiger partial charge in [0.25, 0.3) is 0 Å². The molecule has 2 unspecified atom stereocenters. The highest BCUT2D eigenvalue weighted by molar-refractivity contribution is 5.72. The Kier molecular flexibility index (Phi) is 1.11. The van der Waals surface area contributed by atoms with Crippen molar-refractivity contribution in [1.29, 1.82) is 0 Å². The number of carbonyl (C=O) groups excluding carboxylic acids is 1. The molecular formula is C6H9NO3. The fraction of sp³-hybridized carbons (Fsp3) is 0.833. The van der Waals surface area contributed by atoms with Crippen molar-refractivity contribution in [2.75, 3.05) is 6.54 Å². The van der Waals surface area contributed by atoms with Crippen LogP contribution in [0.3, 0.4) is 0 Å². The summed E-state index contributed by atoms with van der Waals surface area (Å²) in [6.45, 7) is 0.644. The Bertz CT molecular complexity index is 170. The first-order valence-electron chi connectivity index (χ1n) is 3.42. The zero-order chi connectivity index (χ0) is 7.14. The van der Waals surface area contributed by atoms with Crippen LogP contribution in [0.1, 0.15) is 12.8 Å². The van der Waals surface area contributed by atoms with Crippen molar-refractivity contribution in [1.82, 2.24) is 4.90 Å². The second kappa shape index (κ2) is 1.85. The molecule has 0 aromatic rings. The number of fused-ring (bicyclic) bond motifs is 1. The van der Waals surface area contributed by atoms with E-state index >= 15 is 0 Å². The molecule has 10 heavy (non-hydrogen) atoms. The topological polar surface area (TPSA) is 49.8 Å². The first kappa shape index (κ1) is 5.97. The lowest BCUT2D eigenvalue weighted by Gasteiger charge is -2.44. The lowest BCUT2D eigenvalue weighted by molar-refractivity contribution is -0.137. The summed E-state index contributed by atoms with van der Waals surface area (Å²) >= 11 is 0. The van der Waals surface area contributed by atoms with Gasteiger partial charge in [0, 0.05) is 13.0 Å². The monoisotopic (exact) mass is 143 g/mol. The van der Waals surface area contributed by atoms with Crippen molar-refractivity contribution in [2.45, 2.75) is 25.2 Å². The Balaban J connectivity index is 1.99. The van der Waals surface area contributed by atoms with E-state index in [1.807, 2.05) is 0 Å². The summed E-state index contributed by atoms with van der Waals surface area (Å²) < 4.78 is 4.74. The molecule has 2 heterocycles. The fourth-order valence-corrected chi connectivity index (χ4v) is 1.37. The SMILES string of the molecule is O=C1OC2CC(O)CCN12. The van der Waals surface area contributed by atoms with E-state index in [1.54, 1.807) is 4.90 Å². The predicted octanol–water partition coefficient (Wildman–Crippen LogP) is -0.0806. The Labute approximate surface area is 58.4 Å². The van der Waals surface area contributed by atoms with Gasteiger partial charge in [-0.2, -0.15) is 0 Å². The molecule has 4 nitrogen and oxygen atoms in total. The van der Waals surface area contributed by atoms with Gasteiger partial charge >= 0.3 is 6.09 Å². The normalized spacial score (nSPS) is 38.1. The van der Waals surface area contributed by atoms with Crippen molar-refractivity contribution in [3.05, 3.63) is 0 Å². The van der Waals surface area contributed by atoms with Gasteiger partial charge in [-0.15, -0.1) is 0 Å². The first-order valence-corrected chi connectivity index (χ1v) is 3.42. The summed E-state index contributed by atoms with van der Waals surface area (Å²) in [5.74, 6) is 0. The minimum absolute atomic E-state index is 0.128. The number of ether oxygens (including phenoxy) is 1. The molecule has 0 bridgehead atoms. The molecule has 0 radical (unpaired) electrons. The minimum Gasteiger partial charge on any atom is -0.425 e. The van der Waals surface area contributed by atoms with E-state index in [-0.39, 0.29) is 18.4 Å². The number of nitrogens with zero attached hydrogens (tertiary/aromatic N) is 1. The van der Waals surface area contributed by atoms with Gasteiger partial charge < -0.3 is 9.84 Å². The summed E-state index contributed by atoms with van der Waals surface area (Å²) in [7, 11) is 0. The third kappa shape index (κ3) is 0.686. The van der Waals surface area contributed by atoms with Gasteiger partial charge in [-0.3, -0.25) is 4.90 Å². The molecule has 0 saturated carbocycles. The fourth-order valence-electron chi connectivity index (χ4n) is 1.37. The van der Waals surface area contributed by atoms with Crippen molar-refractivity contribution in [3.63, 3.8) is 0 Å². The summed E-state index contributed by atoms with van der Waals surface area (Å²) in [6, 6.07) is 0. The molecule has 0 aromatic carbocycles. The molecule has 0 aromatic heterocycles. The maximum absolute atomic E-state index is 10.6. The number of hydrogen-bond acceptors (Lipinski definition) is 3. The highest BCUT2D eigenvalue weighted by Crippen LogP contribution is 2.26. The standard InChI is InChI=1S/C6H9NO3/c8-4-1-2-7-5(3-4)10-6(7)9/h4-5,8H,1-3H2. The van der Waals surface area contributed by atoms with Crippen LogP contribution >= 0.6 is 0 Å². The lowest BCUT2D eigenvalue weighted by atomic mass is 10.1. The van der Waals surface area contributed by atoms with Gasteiger partial charge in [0.05, 0.1) is 6.10 Å². The molecular weight excluding hydrogens is 134 g/mol. The molecule has 0 spiro atoms. The molecule has 2 aliphatic rings. The first-order chi connectivity index (χ1) is 4.77. The van der Waals surface area contributed by atoms with E-state index in [4.69, 9.17) is 9.84 Å². The van der Waals surface area contributed by atoms with Gasteiger partial charge in [-0.1, -0.05) is 0 Å². The second-order valence-corrected chi connectivity index (χ2v) is 2.71. The molecule has 56 valence electrons. The molecule has 4 heteroatoms. The average Bonchev–Trinajstić information content (AvgIpc) is 1.86. The Morgan fingerprint density at radius 1 is 1.70 bits per heavy atom. The zero-order valence-electron chi connectivity index (χ0n) is 5.49. The van der Waals surface area contributed by atoms with Crippen LogP contribution in [0.4, 0.5) is 4.79 Å². The maximum atomic E-state index is 10.6. The lowest BCUT2D eigenvalue weighted by Crippen LogP contribution is -2.58. The summed E-state index contributed by atoms with van der Waals surface area (Å²) in [4.78, 5) is 12.2. The molecule has 1 amide bonds. The molecule has 2 aliphatic heterocycles. The molecule has 1 N–H and O–H groups in total.